The van der Waals surface area contributed by atoms with Gasteiger partial charge in [-0.2, -0.15) is 8.42 Å². The molecule has 0 fully saturated rings. The molecule has 5 nitrogen and oxygen atoms in total. The van der Waals surface area contributed by atoms with Crippen LogP contribution in [0.3, 0.4) is 0 Å². The Balaban J connectivity index is 3.00. The first-order valence-corrected chi connectivity index (χ1v) is 6.33. The lowest BCUT2D eigenvalue weighted by Gasteiger charge is -2.08. The Kier molecular flexibility index (Phi) is 3.54. The minimum absolute atomic E-state index is 0.119. The Bertz CT molecular complexity index is 492. The van der Waals surface area contributed by atoms with E-state index >= 15 is 0 Å². The predicted molar refractivity (Wildman–Crippen MR) is 58.0 cm³/mol. The summed E-state index contributed by atoms with van der Waals surface area (Å²) in [7, 11) is -3.59. The molecular formula is C10H12O5S. The van der Waals surface area contributed by atoms with E-state index in [1.807, 2.05) is 0 Å². The van der Waals surface area contributed by atoms with Crippen molar-refractivity contribution in [1.82, 2.24) is 0 Å². The van der Waals surface area contributed by atoms with E-state index in [9.17, 15) is 13.2 Å². The van der Waals surface area contributed by atoms with Crippen molar-refractivity contribution in [1.29, 1.82) is 0 Å². The van der Waals surface area contributed by atoms with Gasteiger partial charge in [0.2, 0.25) is 0 Å². The molecule has 0 aliphatic heterocycles. The molecule has 1 aromatic carbocycles. The molecule has 0 spiro atoms. The van der Waals surface area contributed by atoms with E-state index in [1.54, 1.807) is 12.1 Å². The van der Waals surface area contributed by atoms with Crippen molar-refractivity contribution < 1.29 is 22.5 Å². The van der Waals surface area contributed by atoms with Crippen LogP contribution >= 0.6 is 0 Å². The molecule has 6 heteroatoms. The summed E-state index contributed by atoms with van der Waals surface area (Å²) < 4.78 is 26.4. The number of aliphatic carboxylic acids is 1. The van der Waals surface area contributed by atoms with Crippen molar-refractivity contribution in [3.8, 4) is 5.75 Å². The summed E-state index contributed by atoms with van der Waals surface area (Å²) in [4.78, 5) is 10.7. The Labute approximate surface area is 93.8 Å². The number of carbonyl (C=O) groups is 1. The summed E-state index contributed by atoms with van der Waals surface area (Å²) in [6.07, 6.45) is 0.931. The third-order valence-electron chi connectivity index (χ3n) is 1.98. The average molecular weight is 244 g/mol. The van der Waals surface area contributed by atoms with Crippen molar-refractivity contribution in [2.24, 2.45) is 0 Å². The van der Waals surface area contributed by atoms with Crippen LogP contribution in [0.5, 0.6) is 5.75 Å². The van der Waals surface area contributed by atoms with Gasteiger partial charge in [-0.3, -0.25) is 4.79 Å². The van der Waals surface area contributed by atoms with E-state index in [1.165, 1.54) is 19.1 Å². The molecule has 0 aliphatic rings. The molecule has 0 saturated heterocycles. The van der Waals surface area contributed by atoms with Gasteiger partial charge in [-0.25, -0.2) is 0 Å². The number of benzene rings is 1. The van der Waals surface area contributed by atoms with Crippen molar-refractivity contribution in [3.63, 3.8) is 0 Å². The minimum Gasteiger partial charge on any atom is -0.481 e. The van der Waals surface area contributed by atoms with E-state index in [0.29, 0.717) is 5.56 Å². The topological polar surface area (TPSA) is 80.7 Å². The zero-order chi connectivity index (χ0) is 12.3. The monoisotopic (exact) mass is 244 g/mol. The lowest BCUT2D eigenvalue weighted by molar-refractivity contribution is -0.138. The lowest BCUT2D eigenvalue weighted by atomic mass is 10.0. The van der Waals surface area contributed by atoms with E-state index in [4.69, 9.17) is 5.11 Å². The summed E-state index contributed by atoms with van der Waals surface area (Å²) in [5, 5.41) is 8.80. The smallest absolute Gasteiger partial charge is 0.310 e. The van der Waals surface area contributed by atoms with Crippen LogP contribution in [0, 0.1) is 0 Å². The summed E-state index contributed by atoms with van der Waals surface area (Å²) in [6.45, 7) is 1.52. The first-order valence-electron chi connectivity index (χ1n) is 4.52. The predicted octanol–water partition coefficient (Wildman–Crippen LogP) is 1.21. The molecule has 0 aromatic heterocycles. The molecule has 1 rings (SSSR count). The number of hydrogen-bond acceptors (Lipinski definition) is 4. The number of hydrogen-bond donors (Lipinski definition) is 1. The molecule has 0 aliphatic carbocycles. The summed E-state index contributed by atoms with van der Waals surface area (Å²) in [6, 6.07) is 6.02. The second kappa shape index (κ2) is 4.52. The van der Waals surface area contributed by atoms with E-state index in [0.717, 1.165) is 6.26 Å². The van der Waals surface area contributed by atoms with Crippen LogP contribution in [0.4, 0.5) is 0 Å². The van der Waals surface area contributed by atoms with Crippen LogP contribution in [0.25, 0.3) is 0 Å². The largest absolute Gasteiger partial charge is 0.481 e. The zero-order valence-corrected chi connectivity index (χ0v) is 9.69. The quantitative estimate of drug-likeness (QED) is 0.805. The standard InChI is InChI=1S/C10H12O5S/c1-7(10(11)12)8-4-3-5-9(6-8)15-16(2,13)14/h3-7H,1-2H3,(H,11,12). The molecule has 1 aromatic rings. The van der Waals surface area contributed by atoms with Crippen molar-refractivity contribution in [2.75, 3.05) is 6.26 Å². The Morgan fingerprint density at radius 1 is 1.44 bits per heavy atom. The van der Waals surface area contributed by atoms with Gasteiger partial charge in [-0.05, 0) is 24.6 Å². The average Bonchev–Trinajstić information content (AvgIpc) is 2.14. The van der Waals surface area contributed by atoms with Crippen LogP contribution in [0.15, 0.2) is 24.3 Å². The molecular weight excluding hydrogens is 232 g/mol. The normalized spacial score (nSPS) is 13.1. The third kappa shape index (κ3) is 3.54. The van der Waals surface area contributed by atoms with Crippen LogP contribution < -0.4 is 4.18 Å². The van der Waals surface area contributed by atoms with Gasteiger partial charge in [-0.1, -0.05) is 12.1 Å². The molecule has 0 saturated carbocycles. The van der Waals surface area contributed by atoms with Crippen molar-refractivity contribution in [2.45, 2.75) is 12.8 Å². The fourth-order valence-electron chi connectivity index (χ4n) is 1.15. The number of carboxylic acid groups (broad SMARTS) is 1. The SMILES string of the molecule is CC(C(=O)O)c1cccc(OS(C)(=O)=O)c1. The Hall–Kier alpha value is -1.56. The summed E-state index contributed by atoms with van der Waals surface area (Å²) in [5.74, 6) is -1.56. The molecule has 1 unspecified atom stereocenters. The second-order valence-electron chi connectivity index (χ2n) is 3.42. The van der Waals surface area contributed by atoms with E-state index < -0.39 is 22.0 Å². The highest BCUT2D eigenvalue weighted by Crippen LogP contribution is 2.21. The van der Waals surface area contributed by atoms with E-state index in [-0.39, 0.29) is 5.75 Å². The van der Waals surface area contributed by atoms with Gasteiger partial charge in [0.25, 0.3) is 0 Å². The minimum atomic E-state index is -3.59. The van der Waals surface area contributed by atoms with Gasteiger partial charge in [0, 0.05) is 0 Å². The molecule has 0 bridgehead atoms. The van der Waals surface area contributed by atoms with Gasteiger partial charge in [0.05, 0.1) is 12.2 Å². The number of carboxylic acids is 1. The summed E-state index contributed by atoms with van der Waals surface area (Å²) >= 11 is 0. The lowest BCUT2D eigenvalue weighted by Crippen LogP contribution is -2.09. The van der Waals surface area contributed by atoms with Gasteiger partial charge < -0.3 is 9.29 Å². The maximum atomic E-state index is 10.9. The number of rotatable bonds is 4. The first kappa shape index (κ1) is 12.5. The second-order valence-corrected chi connectivity index (χ2v) is 4.99. The van der Waals surface area contributed by atoms with Gasteiger partial charge >= 0.3 is 16.1 Å². The molecule has 1 N–H and O–H groups in total. The molecule has 0 radical (unpaired) electrons. The van der Waals surface area contributed by atoms with Gasteiger partial charge in [0.1, 0.15) is 5.75 Å². The summed E-state index contributed by atoms with van der Waals surface area (Å²) in [5.41, 5.74) is 0.494. The van der Waals surface area contributed by atoms with Gasteiger partial charge in [0.15, 0.2) is 0 Å². The van der Waals surface area contributed by atoms with Crippen LogP contribution in [-0.2, 0) is 14.9 Å². The maximum absolute atomic E-state index is 10.9. The molecule has 16 heavy (non-hydrogen) atoms. The van der Waals surface area contributed by atoms with Crippen molar-refractivity contribution >= 4 is 16.1 Å². The maximum Gasteiger partial charge on any atom is 0.310 e. The van der Waals surface area contributed by atoms with Crippen molar-refractivity contribution in [3.05, 3.63) is 29.8 Å². The zero-order valence-electron chi connectivity index (χ0n) is 8.88. The molecule has 0 amide bonds. The Morgan fingerprint density at radius 2 is 2.06 bits per heavy atom. The van der Waals surface area contributed by atoms with E-state index in [2.05, 4.69) is 4.18 Å². The van der Waals surface area contributed by atoms with Crippen LogP contribution in [0.1, 0.15) is 18.4 Å². The molecule has 1 atom stereocenters. The highest BCUT2D eigenvalue weighted by atomic mass is 32.2. The molecule has 88 valence electrons. The highest BCUT2D eigenvalue weighted by molar-refractivity contribution is 7.86. The van der Waals surface area contributed by atoms with Crippen LogP contribution in [-0.4, -0.2) is 25.7 Å². The fraction of sp³-hybridized carbons (Fsp3) is 0.300. The van der Waals surface area contributed by atoms with Crippen LogP contribution in [0.2, 0.25) is 0 Å². The molecule has 0 heterocycles. The first-order chi connectivity index (χ1) is 7.29. The third-order valence-corrected chi connectivity index (χ3v) is 2.47. The Morgan fingerprint density at radius 3 is 2.56 bits per heavy atom. The highest BCUT2D eigenvalue weighted by Gasteiger charge is 2.14. The fourth-order valence-corrected chi connectivity index (χ4v) is 1.61. The van der Waals surface area contributed by atoms with Gasteiger partial charge in [-0.15, -0.1) is 0 Å².